The Kier molecular flexibility index (Phi) is 8.43. The molecule has 0 N–H and O–H groups in total. The van der Waals surface area contributed by atoms with Crippen molar-refractivity contribution < 1.29 is 36.3 Å². The summed E-state index contributed by atoms with van der Waals surface area (Å²) in [4.78, 5) is 8.66. The standard InChI is InChI=1S/C11H15Cl2O8PS/c1-3-17-20-22(14,21-18-4-2)8-19-23(15,16)11-7-9(12)5-6-10(11)13/h5-7H,3-4,8H2,1-2H3. The summed E-state index contributed by atoms with van der Waals surface area (Å²) < 4.78 is 50.2. The first kappa shape index (κ1) is 20.8. The summed E-state index contributed by atoms with van der Waals surface area (Å²) in [6.07, 6.45) is -0.974. The summed E-state index contributed by atoms with van der Waals surface area (Å²) in [7, 11) is -8.47. The Balaban J connectivity index is 2.90. The molecule has 0 radical (unpaired) electrons. The molecule has 0 aliphatic rings. The van der Waals surface area contributed by atoms with Crippen LogP contribution in [0.2, 0.25) is 10.0 Å². The number of benzene rings is 1. The highest BCUT2D eigenvalue weighted by Crippen LogP contribution is 2.49. The largest absolute Gasteiger partial charge is 0.411 e. The van der Waals surface area contributed by atoms with Crippen molar-refractivity contribution in [2.75, 3.05) is 19.6 Å². The third-order valence-corrected chi connectivity index (χ3v) is 5.36. The summed E-state index contributed by atoms with van der Waals surface area (Å²) in [5.74, 6) is 0. The summed E-state index contributed by atoms with van der Waals surface area (Å²) in [5, 5.41) is 0.0246. The van der Waals surface area contributed by atoms with Crippen LogP contribution in [-0.2, 0) is 38.0 Å². The maximum Gasteiger partial charge on any atom is 0.411 e. The maximum atomic E-state index is 12.2. The van der Waals surface area contributed by atoms with Crippen molar-refractivity contribution in [2.24, 2.45) is 0 Å². The predicted molar refractivity (Wildman–Crippen MR) is 82.6 cm³/mol. The predicted octanol–water partition coefficient (Wildman–Crippen LogP) is 3.79. The van der Waals surface area contributed by atoms with Crippen LogP contribution >= 0.6 is 30.8 Å². The van der Waals surface area contributed by atoms with Gasteiger partial charge in [-0.25, -0.2) is 9.78 Å². The Bertz CT molecular complexity index is 654. The van der Waals surface area contributed by atoms with Gasteiger partial charge in [0.15, 0.2) is 6.35 Å². The summed E-state index contributed by atoms with van der Waals surface area (Å²) in [6, 6.07) is 3.79. The van der Waals surface area contributed by atoms with Gasteiger partial charge in [0.1, 0.15) is 4.90 Å². The second-order valence-corrected chi connectivity index (χ2v) is 8.05. The maximum absolute atomic E-state index is 12.2. The first-order valence-corrected chi connectivity index (χ1v) is 10.2. The fourth-order valence-electron chi connectivity index (χ4n) is 1.19. The zero-order chi connectivity index (χ0) is 17.5. The third-order valence-electron chi connectivity index (χ3n) is 2.10. The minimum atomic E-state index is -4.36. The molecule has 0 saturated heterocycles. The minimum absolute atomic E-state index is 0.0480. The molecule has 0 unspecified atom stereocenters. The van der Waals surface area contributed by atoms with E-state index in [1.165, 1.54) is 12.1 Å². The third kappa shape index (κ3) is 6.66. The van der Waals surface area contributed by atoms with Gasteiger partial charge in [0, 0.05) is 5.02 Å². The molecule has 132 valence electrons. The lowest BCUT2D eigenvalue weighted by Crippen LogP contribution is -2.11. The van der Waals surface area contributed by atoms with Crippen LogP contribution in [0.4, 0.5) is 0 Å². The van der Waals surface area contributed by atoms with Gasteiger partial charge in [-0.05, 0) is 32.0 Å². The average molecular weight is 409 g/mol. The molecule has 0 saturated carbocycles. The zero-order valence-corrected chi connectivity index (χ0v) is 15.5. The van der Waals surface area contributed by atoms with Crippen molar-refractivity contribution in [3.63, 3.8) is 0 Å². The quantitative estimate of drug-likeness (QED) is 0.249. The molecule has 0 fully saturated rings. The van der Waals surface area contributed by atoms with Gasteiger partial charge in [-0.1, -0.05) is 23.2 Å². The highest BCUT2D eigenvalue weighted by atomic mass is 35.5. The molecule has 0 aliphatic carbocycles. The molecule has 1 rings (SSSR count). The molecular formula is C11H15Cl2O8PS. The van der Waals surface area contributed by atoms with E-state index in [0.717, 1.165) is 6.07 Å². The van der Waals surface area contributed by atoms with E-state index in [1.54, 1.807) is 13.8 Å². The lowest BCUT2D eigenvalue weighted by Gasteiger charge is -2.15. The number of hydrogen-bond acceptors (Lipinski definition) is 8. The molecular weight excluding hydrogens is 394 g/mol. The number of halogens is 2. The first-order valence-electron chi connectivity index (χ1n) is 6.30. The Hall–Kier alpha value is -0.220. The summed E-state index contributed by atoms with van der Waals surface area (Å²) in [5.41, 5.74) is 0. The van der Waals surface area contributed by atoms with E-state index in [2.05, 4.69) is 23.3 Å². The summed E-state index contributed by atoms with van der Waals surface area (Å²) >= 11 is 11.5. The van der Waals surface area contributed by atoms with E-state index in [-0.39, 0.29) is 28.2 Å². The number of hydrogen-bond donors (Lipinski definition) is 0. The first-order chi connectivity index (χ1) is 10.7. The van der Waals surface area contributed by atoms with Crippen LogP contribution < -0.4 is 0 Å². The molecule has 8 nitrogen and oxygen atoms in total. The molecule has 0 heterocycles. The topological polar surface area (TPSA) is 97.4 Å². The minimum Gasteiger partial charge on any atom is -0.253 e. The van der Waals surface area contributed by atoms with Gasteiger partial charge in [-0.2, -0.15) is 8.42 Å². The van der Waals surface area contributed by atoms with Crippen LogP contribution in [0.5, 0.6) is 0 Å². The molecule has 1 aromatic carbocycles. The monoisotopic (exact) mass is 408 g/mol. The molecule has 1 aromatic rings. The average Bonchev–Trinajstić information content (AvgIpc) is 2.51. The van der Waals surface area contributed by atoms with Gasteiger partial charge in [-0.15, -0.1) is 9.35 Å². The van der Waals surface area contributed by atoms with E-state index in [1.807, 2.05) is 0 Å². The Labute approximate surface area is 144 Å². The fourth-order valence-corrected chi connectivity index (χ4v) is 4.25. The van der Waals surface area contributed by atoms with Crippen LogP contribution in [0, 0.1) is 0 Å². The van der Waals surface area contributed by atoms with Crippen molar-refractivity contribution in [2.45, 2.75) is 18.7 Å². The van der Waals surface area contributed by atoms with Crippen LogP contribution in [-0.4, -0.2) is 28.0 Å². The molecule has 0 aliphatic heterocycles. The highest BCUT2D eigenvalue weighted by Gasteiger charge is 2.33. The Morgan fingerprint density at radius 3 is 2.17 bits per heavy atom. The lowest BCUT2D eigenvalue weighted by molar-refractivity contribution is -0.264. The van der Waals surface area contributed by atoms with Gasteiger partial charge in [0.25, 0.3) is 10.1 Å². The normalized spacial score (nSPS) is 12.5. The van der Waals surface area contributed by atoms with Crippen LogP contribution in [0.1, 0.15) is 13.8 Å². The van der Waals surface area contributed by atoms with Gasteiger partial charge < -0.3 is 0 Å². The molecule has 0 amide bonds. The van der Waals surface area contributed by atoms with Crippen molar-refractivity contribution in [1.29, 1.82) is 0 Å². The van der Waals surface area contributed by atoms with Crippen molar-refractivity contribution in [1.82, 2.24) is 0 Å². The Morgan fingerprint density at radius 1 is 1.09 bits per heavy atom. The van der Waals surface area contributed by atoms with Crippen LogP contribution in [0.3, 0.4) is 0 Å². The van der Waals surface area contributed by atoms with Crippen molar-refractivity contribution >= 4 is 40.9 Å². The van der Waals surface area contributed by atoms with E-state index >= 15 is 0 Å². The van der Waals surface area contributed by atoms with Gasteiger partial charge in [-0.3, -0.25) is 8.75 Å². The van der Waals surface area contributed by atoms with Gasteiger partial charge >= 0.3 is 7.60 Å². The molecule has 0 spiro atoms. The van der Waals surface area contributed by atoms with Gasteiger partial charge in [0.2, 0.25) is 0 Å². The van der Waals surface area contributed by atoms with E-state index < -0.39 is 24.1 Å². The van der Waals surface area contributed by atoms with Crippen LogP contribution in [0.15, 0.2) is 23.1 Å². The second-order valence-electron chi connectivity index (χ2n) is 3.85. The fraction of sp³-hybridized carbons (Fsp3) is 0.455. The molecule has 0 aromatic heterocycles. The molecule has 12 heteroatoms. The van der Waals surface area contributed by atoms with Crippen molar-refractivity contribution in [3.05, 3.63) is 28.2 Å². The second kappa shape index (κ2) is 9.31. The van der Waals surface area contributed by atoms with E-state index in [4.69, 9.17) is 23.2 Å². The highest BCUT2D eigenvalue weighted by molar-refractivity contribution is 7.87. The van der Waals surface area contributed by atoms with E-state index in [9.17, 15) is 13.0 Å². The number of rotatable bonds is 10. The summed E-state index contributed by atoms with van der Waals surface area (Å²) in [6.45, 7) is 3.22. The lowest BCUT2D eigenvalue weighted by atomic mass is 10.4. The van der Waals surface area contributed by atoms with E-state index in [0.29, 0.717) is 0 Å². The van der Waals surface area contributed by atoms with Crippen molar-refractivity contribution in [3.8, 4) is 0 Å². The SMILES string of the molecule is CCOOP(=O)(COS(=O)(=O)c1cc(Cl)ccc1Cl)OOCC. The molecule has 0 bridgehead atoms. The van der Waals surface area contributed by atoms with Crippen LogP contribution in [0.25, 0.3) is 0 Å². The molecule has 0 atom stereocenters. The zero-order valence-electron chi connectivity index (χ0n) is 12.2. The van der Waals surface area contributed by atoms with Gasteiger partial charge in [0.05, 0.1) is 18.2 Å². The smallest absolute Gasteiger partial charge is 0.253 e. The Morgan fingerprint density at radius 2 is 1.65 bits per heavy atom. The molecule has 23 heavy (non-hydrogen) atoms.